The molecular formula is C46H83NO9P+. The van der Waals surface area contributed by atoms with E-state index in [0.29, 0.717) is 17.4 Å². The van der Waals surface area contributed by atoms with Gasteiger partial charge in [-0.2, -0.15) is 0 Å². The van der Waals surface area contributed by atoms with E-state index in [-0.39, 0.29) is 38.3 Å². The summed E-state index contributed by atoms with van der Waals surface area (Å²) < 4.78 is 40.1. The van der Waals surface area contributed by atoms with Crippen molar-refractivity contribution in [1.29, 1.82) is 0 Å². The number of esters is 2. The second-order valence-corrected chi connectivity index (χ2v) is 17.9. The Morgan fingerprint density at radius 3 is 1.82 bits per heavy atom. The van der Waals surface area contributed by atoms with Gasteiger partial charge in [0.25, 0.3) is 0 Å². The second kappa shape index (κ2) is 34.8. The maximum Gasteiger partial charge on any atom is 0.472 e. The van der Waals surface area contributed by atoms with Gasteiger partial charge < -0.3 is 23.6 Å². The van der Waals surface area contributed by atoms with Crippen molar-refractivity contribution in [2.24, 2.45) is 0 Å². The van der Waals surface area contributed by atoms with E-state index in [9.17, 15) is 19.0 Å². The molecule has 0 spiro atoms. The third-order valence-corrected chi connectivity index (χ3v) is 10.7. The van der Waals surface area contributed by atoms with E-state index >= 15 is 0 Å². The molecule has 0 aliphatic carbocycles. The van der Waals surface area contributed by atoms with Gasteiger partial charge in [-0.3, -0.25) is 18.6 Å². The Balaban J connectivity index is 2.34. The van der Waals surface area contributed by atoms with E-state index < -0.39 is 32.5 Å². The minimum atomic E-state index is -4.40. The zero-order chi connectivity index (χ0) is 41.9. The lowest BCUT2D eigenvalue weighted by Gasteiger charge is -2.24. The van der Waals surface area contributed by atoms with Gasteiger partial charge in [0.05, 0.1) is 40.0 Å². The van der Waals surface area contributed by atoms with Crippen molar-refractivity contribution < 1.29 is 46.8 Å². The number of hydrogen-bond donors (Lipinski definition) is 1. The van der Waals surface area contributed by atoms with Crippen molar-refractivity contribution >= 4 is 19.8 Å². The lowest BCUT2D eigenvalue weighted by atomic mass is 10.1. The Morgan fingerprint density at radius 2 is 1.18 bits per heavy atom. The largest absolute Gasteiger partial charge is 0.472 e. The van der Waals surface area contributed by atoms with Crippen molar-refractivity contribution in [3.05, 3.63) is 48.6 Å². The fourth-order valence-corrected chi connectivity index (χ4v) is 6.84. The van der Waals surface area contributed by atoms with Crippen LogP contribution in [0, 0.1) is 0 Å². The molecule has 1 heterocycles. The van der Waals surface area contributed by atoms with Crippen LogP contribution < -0.4 is 0 Å². The summed E-state index contributed by atoms with van der Waals surface area (Å²) in [7, 11) is 1.42. The number of quaternary nitrogens is 1. The summed E-state index contributed by atoms with van der Waals surface area (Å²) in [5, 5.41) is 0. The minimum absolute atomic E-state index is 0.0154. The smallest absolute Gasteiger partial charge is 0.462 e. The first-order valence-corrected chi connectivity index (χ1v) is 24.0. The average Bonchev–Trinajstić information content (AvgIpc) is 3.91. The molecule has 0 aromatic carbocycles. The van der Waals surface area contributed by atoms with Crippen LogP contribution in [0.4, 0.5) is 0 Å². The lowest BCUT2D eigenvalue weighted by Crippen LogP contribution is -2.37. The summed E-state index contributed by atoms with van der Waals surface area (Å²) in [6, 6.07) is 0. The van der Waals surface area contributed by atoms with E-state index in [1.165, 1.54) is 77.0 Å². The molecule has 0 aromatic rings. The van der Waals surface area contributed by atoms with Crippen molar-refractivity contribution in [3.63, 3.8) is 0 Å². The van der Waals surface area contributed by atoms with Crippen LogP contribution >= 0.6 is 7.82 Å². The number of rotatable bonds is 39. The molecule has 1 rings (SSSR count). The van der Waals surface area contributed by atoms with Crippen LogP contribution in [-0.2, 0) is 37.4 Å². The maximum absolute atomic E-state index is 12.8. The number of allylic oxidation sites excluding steroid dienone is 7. The van der Waals surface area contributed by atoms with E-state index in [1.54, 1.807) is 0 Å². The summed E-state index contributed by atoms with van der Waals surface area (Å²) >= 11 is 0. The maximum atomic E-state index is 12.8. The van der Waals surface area contributed by atoms with Crippen molar-refractivity contribution in [1.82, 2.24) is 0 Å². The fourth-order valence-electron chi connectivity index (χ4n) is 6.09. The second-order valence-electron chi connectivity index (χ2n) is 16.5. The van der Waals surface area contributed by atoms with Gasteiger partial charge in [0.15, 0.2) is 6.10 Å². The highest BCUT2D eigenvalue weighted by Gasteiger charge is 2.37. The van der Waals surface area contributed by atoms with E-state index in [4.69, 9.17) is 23.3 Å². The van der Waals surface area contributed by atoms with E-state index in [2.05, 4.69) is 62.5 Å². The normalized spacial score (nSPS) is 17.6. The zero-order valence-corrected chi connectivity index (χ0v) is 37.7. The van der Waals surface area contributed by atoms with Crippen LogP contribution in [0.2, 0.25) is 0 Å². The molecule has 0 saturated carbocycles. The monoisotopic (exact) mass is 825 g/mol. The van der Waals surface area contributed by atoms with Gasteiger partial charge >= 0.3 is 19.8 Å². The Hall–Kier alpha value is -2.07. The summed E-state index contributed by atoms with van der Waals surface area (Å²) in [5.41, 5.74) is 0. The predicted molar refractivity (Wildman–Crippen MR) is 233 cm³/mol. The first kappa shape index (κ1) is 52.9. The minimum Gasteiger partial charge on any atom is -0.462 e. The number of ether oxygens (including phenoxy) is 3. The van der Waals surface area contributed by atoms with Gasteiger partial charge in [0.1, 0.15) is 19.8 Å². The first-order valence-electron chi connectivity index (χ1n) is 22.5. The summed E-state index contributed by atoms with van der Waals surface area (Å²) in [6.45, 7) is 4.28. The Labute approximate surface area is 348 Å². The zero-order valence-electron chi connectivity index (χ0n) is 36.8. The van der Waals surface area contributed by atoms with Crippen LogP contribution in [0.3, 0.4) is 0 Å². The number of unbranched alkanes of at least 4 members (excludes halogenated alkanes) is 14. The van der Waals surface area contributed by atoms with Crippen molar-refractivity contribution in [2.75, 3.05) is 47.5 Å². The molecule has 1 N–H and O–H groups in total. The molecule has 3 unspecified atom stereocenters. The quantitative estimate of drug-likeness (QED) is 0.0161. The van der Waals surface area contributed by atoms with Gasteiger partial charge in [-0.05, 0) is 77.0 Å². The molecule has 0 radical (unpaired) electrons. The third-order valence-electron chi connectivity index (χ3n) is 9.76. The highest BCUT2D eigenvalue weighted by atomic mass is 31.2. The Kier molecular flexibility index (Phi) is 32.3. The predicted octanol–water partition coefficient (Wildman–Crippen LogP) is 11.7. The molecule has 1 fully saturated rings. The number of epoxide rings is 1. The van der Waals surface area contributed by atoms with Gasteiger partial charge in [-0.1, -0.05) is 127 Å². The molecule has 0 amide bonds. The number of carbonyl (C=O) groups is 2. The van der Waals surface area contributed by atoms with Crippen LogP contribution in [0.15, 0.2) is 48.6 Å². The van der Waals surface area contributed by atoms with Crippen LogP contribution in [0.25, 0.3) is 0 Å². The number of nitrogens with zero attached hydrogens (tertiary/aromatic N) is 1. The molecule has 1 saturated heterocycles. The summed E-state index contributed by atoms with van der Waals surface area (Å²) in [5.74, 6) is -0.882. The Bertz CT molecular complexity index is 1180. The number of phosphoric acid groups is 1. The SMILES string of the molecule is CCCCC/C=C\C/C=C\C/C=C\CC1OC1CCCC(=O)O[C@H](COC(=O)CCCCCCCCC/C=C\CCCCCC)COP(=O)(O)OCC[N+](C)(C)C. The highest BCUT2D eigenvalue weighted by molar-refractivity contribution is 7.47. The van der Waals surface area contributed by atoms with Gasteiger partial charge in [-0.15, -0.1) is 0 Å². The number of phosphoric ester groups is 1. The molecule has 4 atom stereocenters. The third kappa shape index (κ3) is 35.6. The van der Waals surface area contributed by atoms with Crippen LogP contribution in [-0.4, -0.2) is 87.1 Å². The van der Waals surface area contributed by atoms with Gasteiger partial charge in [0, 0.05) is 12.8 Å². The van der Waals surface area contributed by atoms with E-state index in [0.717, 1.165) is 57.8 Å². The fraction of sp³-hybridized carbons (Fsp3) is 0.783. The van der Waals surface area contributed by atoms with Gasteiger partial charge in [0.2, 0.25) is 0 Å². The standard InChI is InChI=1S/C46H82NO9P/c1-6-8-10-12-14-16-18-20-21-22-24-26-28-30-32-36-45(48)52-40-42(41-54-57(50,51)53-39-38-47(3,4)5)55-46(49)37-33-35-44-43(56-44)34-31-29-27-25-23-19-17-15-13-11-9-7-2/h15-18,23,25,29,31,42-44H,6-14,19-22,24,26-28,30,32-41H2,1-5H3/p+1/b17-15-,18-16-,25-23-,31-29-/t42-,43?,44?/m1/s1. The molecule has 11 heteroatoms. The van der Waals surface area contributed by atoms with E-state index in [1.807, 2.05) is 21.1 Å². The molecule has 10 nitrogen and oxygen atoms in total. The molecular weight excluding hydrogens is 741 g/mol. The molecule has 57 heavy (non-hydrogen) atoms. The van der Waals surface area contributed by atoms with Crippen molar-refractivity contribution in [3.8, 4) is 0 Å². The number of carbonyl (C=O) groups excluding carboxylic acids is 2. The lowest BCUT2D eigenvalue weighted by molar-refractivity contribution is -0.870. The number of likely N-dealkylation sites (N-methyl/N-ethyl adjacent to an activating group) is 1. The number of hydrogen-bond acceptors (Lipinski definition) is 8. The summed E-state index contributed by atoms with van der Waals surface area (Å²) in [6.07, 6.45) is 41.7. The first-order chi connectivity index (χ1) is 27.5. The highest BCUT2D eigenvalue weighted by Crippen LogP contribution is 2.43. The van der Waals surface area contributed by atoms with Gasteiger partial charge in [-0.25, -0.2) is 4.57 Å². The van der Waals surface area contributed by atoms with Crippen LogP contribution in [0.5, 0.6) is 0 Å². The molecule has 0 aromatic heterocycles. The average molecular weight is 825 g/mol. The Morgan fingerprint density at radius 1 is 0.649 bits per heavy atom. The molecule has 1 aliphatic heterocycles. The van der Waals surface area contributed by atoms with Crippen molar-refractivity contribution in [2.45, 2.75) is 186 Å². The van der Waals surface area contributed by atoms with Crippen LogP contribution in [0.1, 0.15) is 168 Å². The molecule has 1 aliphatic rings. The summed E-state index contributed by atoms with van der Waals surface area (Å²) in [4.78, 5) is 35.5. The topological polar surface area (TPSA) is 121 Å². The molecule has 0 bridgehead atoms. The molecule has 330 valence electrons.